The molecular weight excluding hydrogens is 208 g/mol. The van der Waals surface area contributed by atoms with Crippen LogP contribution in [0.2, 0.25) is 0 Å². The molecule has 1 aromatic rings. The van der Waals surface area contributed by atoms with E-state index in [0.29, 0.717) is 13.0 Å². The number of hydrogen-bond acceptors (Lipinski definition) is 4. The van der Waals surface area contributed by atoms with Crippen molar-refractivity contribution in [3.05, 3.63) is 29.8 Å². The Labute approximate surface area is 94.5 Å². The Bertz CT molecular complexity index is 336. The summed E-state index contributed by atoms with van der Waals surface area (Å²) in [5.41, 5.74) is 6.41. The number of aliphatic hydroxyl groups excluding tert-OH is 1. The molecule has 0 aliphatic heterocycles. The van der Waals surface area contributed by atoms with Crippen LogP contribution in [0.15, 0.2) is 29.4 Å². The molecule has 0 atom stereocenters. The fraction of sp³-hybridized carbons (Fsp3) is 0.364. The largest absolute Gasteiger partial charge is 0.497 e. The van der Waals surface area contributed by atoms with Gasteiger partial charge in [0, 0.05) is 6.42 Å². The zero-order chi connectivity index (χ0) is 11.8. The van der Waals surface area contributed by atoms with Crippen LogP contribution in [0.25, 0.3) is 0 Å². The SMILES string of the molecule is COc1ccc(CO/N=C(\N)CCO)cc1. The first kappa shape index (κ1) is 12.3. The summed E-state index contributed by atoms with van der Waals surface area (Å²) in [4.78, 5) is 5.02. The van der Waals surface area contributed by atoms with Crippen LogP contribution in [-0.2, 0) is 11.4 Å². The number of nitrogens with two attached hydrogens (primary N) is 1. The van der Waals surface area contributed by atoms with Gasteiger partial charge in [-0.15, -0.1) is 0 Å². The van der Waals surface area contributed by atoms with Crippen molar-refractivity contribution in [1.82, 2.24) is 0 Å². The van der Waals surface area contributed by atoms with Crippen LogP contribution < -0.4 is 10.5 Å². The quantitative estimate of drug-likeness (QED) is 0.427. The molecular formula is C11H16N2O3. The number of aliphatic hydroxyl groups is 1. The Hall–Kier alpha value is -1.75. The van der Waals surface area contributed by atoms with Crippen LogP contribution in [0, 0.1) is 0 Å². The summed E-state index contributed by atoms with van der Waals surface area (Å²) in [6.07, 6.45) is 0.322. The Morgan fingerprint density at radius 2 is 2.06 bits per heavy atom. The first-order chi connectivity index (χ1) is 7.76. The maximum Gasteiger partial charge on any atom is 0.142 e. The molecule has 3 N–H and O–H groups in total. The van der Waals surface area contributed by atoms with Crippen molar-refractivity contribution in [3.8, 4) is 5.75 Å². The molecule has 0 spiro atoms. The molecule has 0 fully saturated rings. The van der Waals surface area contributed by atoms with Crippen molar-refractivity contribution in [1.29, 1.82) is 0 Å². The average molecular weight is 224 g/mol. The average Bonchev–Trinajstić information content (AvgIpc) is 2.30. The fourth-order valence-corrected chi connectivity index (χ4v) is 1.07. The van der Waals surface area contributed by atoms with E-state index in [1.165, 1.54) is 0 Å². The maximum atomic E-state index is 8.58. The molecule has 5 heteroatoms. The van der Waals surface area contributed by atoms with Crippen LogP contribution in [0.4, 0.5) is 0 Å². The molecule has 0 saturated carbocycles. The minimum Gasteiger partial charge on any atom is -0.497 e. The minimum atomic E-state index is -0.0266. The van der Waals surface area contributed by atoms with Crippen molar-refractivity contribution in [3.63, 3.8) is 0 Å². The van der Waals surface area contributed by atoms with E-state index in [1.807, 2.05) is 24.3 Å². The summed E-state index contributed by atoms with van der Waals surface area (Å²) in [6, 6.07) is 7.46. The molecule has 0 aliphatic rings. The summed E-state index contributed by atoms with van der Waals surface area (Å²) in [7, 11) is 1.62. The van der Waals surface area contributed by atoms with Crippen LogP contribution in [0.1, 0.15) is 12.0 Å². The van der Waals surface area contributed by atoms with Crippen LogP contribution in [0.3, 0.4) is 0 Å². The second kappa shape index (κ2) is 6.68. The molecule has 88 valence electrons. The van der Waals surface area contributed by atoms with Crippen LogP contribution >= 0.6 is 0 Å². The molecule has 0 amide bonds. The lowest BCUT2D eigenvalue weighted by Crippen LogP contribution is -2.13. The normalized spacial score (nSPS) is 11.2. The van der Waals surface area contributed by atoms with Gasteiger partial charge in [-0.1, -0.05) is 17.3 Å². The smallest absolute Gasteiger partial charge is 0.142 e. The number of ether oxygens (including phenoxy) is 1. The first-order valence-electron chi connectivity index (χ1n) is 4.94. The van der Waals surface area contributed by atoms with Gasteiger partial charge in [0.1, 0.15) is 18.2 Å². The van der Waals surface area contributed by atoms with Gasteiger partial charge < -0.3 is 20.4 Å². The number of rotatable bonds is 6. The van der Waals surface area contributed by atoms with Gasteiger partial charge in [-0.3, -0.25) is 0 Å². The van der Waals surface area contributed by atoms with Gasteiger partial charge in [0.25, 0.3) is 0 Å². The third-order valence-electron chi connectivity index (χ3n) is 1.94. The molecule has 1 rings (SSSR count). The summed E-state index contributed by atoms with van der Waals surface area (Å²) < 4.78 is 5.03. The summed E-state index contributed by atoms with van der Waals surface area (Å²) >= 11 is 0. The second-order valence-electron chi connectivity index (χ2n) is 3.18. The molecule has 1 aromatic carbocycles. The predicted octanol–water partition coefficient (Wildman–Crippen LogP) is 0.866. The number of amidine groups is 1. The summed E-state index contributed by atoms with van der Waals surface area (Å²) in [5, 5.41) is 12.2. The van der Waals surface area contributed by atoms with E-state index < -0.39 is 0 Å². The molecule has 0 aromatic heterocycles. The van der Waals surface area contributed by atoms with E-state index >= 15 is 0 Å². The Morgan fingerprint density at radius 3 is 2.62 bits per heavy atom. The van der Waals surface area contributed by atoms with Gasteiger partial charge >= 0.3 is 0 Å². The highest BCUT2D eigenvalue weighted by molar-refractivity contribution is 5.79. The molecule has 0 unspecified atom stereocenters. The van der Waals surface area contributed by atoms with E-state index in [2.05, 4.69) is 5.16 Å². The predicted molar refractivity (Wildman–Crippen MR) is 61.1 cm³/mol. The van der Waals surface area contributed by atoms with Gasteiger partial charge in [-0.2, -0.15) is 0 Å². The topological polar surface area (TPSA) is 77.1 Å². The molecule has 5 nitrogen and oxygen atoms in total. The van der Waals surface area contributed by atoms with Gasteiger partial charge in [0.2, 0.25) is 0 Å². The fourth-order valence-electron chi connectivity index (χ4n) is 1.07. The van der Waals surface area contributed by atoms with Crippen molar-refractivity contribution in [2.24, 2.45) is 10.9 Å². The molecule has 0 heterocycles. The van der Waals surface area contributed by atoms with Crippen molar-refractivity contribution >= 4 is 5.84 Å². The zero-order valence-electron chi connectivity index (χ0n) is 9.22. The third-order valence-corrected chi connectivity index (χ3v) is 1.94. The van der Waals surface area contributed by atoms with E-state index in [1.54, 1.807) is 7.11 Å². The van der Waals surface area contributed by atoms with Gasteiger partial charge in [0.05, 0.1) is 13.7 Å². The molecule has 0 saturated heterocycles. The highest BCUT2D eigenvalue weighted by Crippen LogP contribution is 2.11. The summed E-state index contributed by atoms with van der Waals surface area (Å²) in [6.45, 7) is 0.317. The Balaban J connectivity index is 2.39. The van der Waals surface area contributed by atoms with E-state index in [4.69, 9.17) is 20.4 Å². The summed E-state index contributed by atoms with van der Waals surface area (Å²) in [5.74, 6) is 1.09. The number of nitrogens with zero attached hydrogens (tertiary/aromatic N) is 1. The molecule has 0 radical (unpaired) electrons. The molecule has 16 heavy (non-hydrogen) atoms. The number of hydrogen-bond donors (Lipinski definition) is 2. The van der Waals surface area contributed by atoms with Crippen molar-refractivity contribution in [2.75, 3.05) is 13.7 Å². The second-order valence-corrected chi connectivity index (χ2v) is 3.18. The molecule has 0 bridgehead atoms. The minimum absolute atomic E-state index is 0.0266. The van der Waals surface area contributed by atoms with Crippen LogP contribution in [-0.4, -0.2) is 24.7 Å². The van der Waals surface area contributed by atoms with Gasteiger partial charge in [-0.05, 0) is 17.7 Å². The van der Waals surface area contributed by atoms with E-state index in [-0.39, 0.29) is 12.4 Å². The van der Waals surface area contributed by atoms with Crippen molar-refractivity contribution < 1.29 is 14.7 Å². The van der Waals surface area contributed by atoms with E-state index in [9.17, 15) is 0 Å². The standard InChI is InChI=1S/C11H16N2O3/c1-15-10-4-2-9(3-5-10)8-16-13-11(12)6-7-14/h2-5,14H,6-8H2,1H3,(H2,12,13). The highest BCUT2D eigenvalue weighted by atomic mass is 16.6. The van der Waals surface area contributed by atoms with Crippen LogP contribution in [0.5, 0.6) is 5.75 Å². The lowest BCUT2D eigenvalue weighted by molar-refractivity contribution is 0.129. The van der Waals surface area contributed by atoms with Gasteiger partial charge in [-0.25, -0.2) is 0 Å². The third kappa shape index (κ3) is 4.18. The lowest BCUT2D eigenvalue weighted by atomic mass is 10.2. The monoisotopic (exact) mass is 224 g/mol. The zero-order valence-corrected chi connectivity index (χ0v) is 9.22. The number of oxime groups is 1. The lowest BCUT2D eigenvalue weighted by Gasteiger charge is -2.03. The Kier molecular flexibility index (Phi) is 5.15. The van der Waals surface area contributed by atoms with E-state index in [0.717, 1.165) is 11.3 Å². The molecule has 0 aliphatic carbocycles. The van der Waals surface area contributed by atoms with Gasteiger partial charge in [0.15, 0.2) is 0 Å². The number of methoxy groups -OCH3 is 1. The first-order valence-corrected chi connectivity index (χ1v) is 4.94. The maximum absolute atomic E-state index is 8.58. The Morgan fingerprint density at radius 1 is 1.38 bits per heavy atom. The number of benzene rings is 1. The highest BCUT2D eigenvalue weighted by Gasteiger charge is 1.95. The van der Waals surface area contributed by atoms with Crippen molar-refractivity contribution in [2.45, 2.75) is 13.0 Å².